The first-order valence-corrected chi connectivity index (χ1v) is 5.37. The Morgan fingerprint density at radius 3 is 2.44 bits per heavy atom. The zero-order valence-electron chi connectivity index (χ0n) is 10.2. The van der Waals surface area contributed by atoms with Crippen LogP contribution in [0.3, 0.4) is 0 Å². The molecule has 1 aromatic heterocycles. The first-order chi connectivity index (χ1) is 7.47. The smallest absolute Gasteiger partial charge is 0.310 e. The molecule has 0 amide bonds. The van der Waals surface area contributed by atoms with Crippen LogP contribution in [0.4, 0.5) is 0 Å². The predicted molar refractivity (Wildman–Crippen MR) is 60.7 cm³/mol. The van der Waals surface area contributed by atoms with Crippen LogP contribution in [0.1, 0.15) is 31.4 Å². The summed E-state index contributed by atoms with van der Waals surface area (Å²) >= 11 is 0. The van der Waals surface area contributed by atoms with E-state index in [4.69, 9.17) is 14.9 Å². The van der Waals surface area contributed by atoms with Crippen molar-refractivity contribution in [3.63, 3.8) is 0 Å². The van der Waals surface area contributed by atoms with Gasteiger partial charge >= 0.3 is 5.97 Å². The van der Waals surface area contributed by atoms with Crippen LogP contribution in [0.2, 0.25) is 0 Å². The minimum absolute atomic E-state index is 0.104. The molecule has 2 unspecified atom stereocenters. The van der Waals surface area contributed by atoms with Crippen LogP contribution < -0.4 is 5.73 Å². The maximum absolute atomic E-state index is 11.6. The van der Waals surface area contributed by atoms with Crippen molar-refractivity contribution < 1.29 is 13.9 Å². The fraction of sp³-hybridized carbons (Fsp3) is 0.583. The van der Waals surface area contributed by atoms with E-state index in [1.54, 1.807) is 6.07 Å². The Hall–Kier alpha value is -1.29. The van der Waals surface area contributed by atoms with Crippen LogP contribution in [-0.4, -0.2) is 13.1 Å². The van der Waals surface area contributed by atoms with Gasteiger partial charge < -0.3 is 14.9 Å². The number of carbonyl (C=O) groups excluding carboxylic acids is 1. The van der Waals surface area contributed by atoms with Crippen molar-refractivity contribution in [2.45, 2.75) is 26.8 Å². The highest BCUT2D eigenvalue weighted by atomic mass is 16.5. The number of hydrogen-bond donors (Lipinski definition) is 1. The van der Waals surface area contributed by atoms with Gasteiger partial charge in [0.1, 0.15) is 11.5 Å². The van der Waals surface area contributed by atoms with Crippen molar-refractivity contribution in [1.82, 2.24) is 0 Å². The average molecular weight is 225 g/mol. The van der Waals surface area contributed by atoms with E-state index in [2.05, 4.69) is 0 Å². The number of ether oxygens (including phenoxy) is 1. The molecule has 4 heteroatoms. The van der Waals surface area contributed by atoms with Gasteiger partial charge in [0.15, 0.2) is 0 Å². The number of furan rings is 1. The van der Waals surface area contributed by atoms with Crippen LogP contribution in [0.15, 0.2) is 16.5 Å². The lowest BCUT2D eigenvalue weighted by molar-refractivity contribution is -0.148. The number of nitrogens with two attached hydrogens (primary N) is 1. The molecule has 4 nitrogen and oxygen atoms in total. The van der Waals surface area contributed by atoms with E-state index >= 15 is 0 Å². The second kappa shape index (κ2) is 5.16. The van der Waals surface area contributed by atoms with Crippen molar-refractivity contribution in [3.05, 3.63) is 23.7 Å². The summed E-state index contributed by atoms with van der Waals surface area (Å²) in [7, 11) is 1.37. The van der Waals surface area contributed by atoms with E-state index in [1.165, 1.54) is 7.11 Å². The van der Waals surface area contributed by atoms with Crippen LogP contribution >= 0.6 is 0 Å². The molecule has 0 saturated heterocycles. The third-order valence-corrected chi connectivity index (χ3v) is 2.67. The third-order valence-electron chi connectivity index (χ3n) is 2.67. The molecule has 2 N–H and O–H groups in total. The van der Waals surface area contributed by atoms with E-state index in [0.717, 1.165) is 5.76 Å². The summed E-state index contributed by atoms with van der Waals surface area (Å²) in [4.78, 5) is 11.6. The van der Waals surface area contributed by atoms with Gasteiger partial charge in [0.05, 0.1) is 19.1 Å². The van der Waals surface area contributed by atoms with Crippen LogP contribution in [0.25, 0.3) is 0 Å². The number of aryl methyl sites for hydroxylation is 1. The summed E-state index contributed by atoms with van der Waals surface area (Å²) in [6.07, 6.45) is 0. The molecule has 0 aliphatic rings. The minimum Gasteiger partial charge on any atom is -0.469 e. The highest BCUT2D eigenvalue weighted by Crippen LogP contribution is 2.28. The molecular weight excluding hydrogens is 206 g/mol. The van der Waals surface area contributed by atoms with Crippen molar-refractivity contribution in [2.75, 3.05) is 7.11 Å². The molecule has 0 aliphatic carbocycles. The Kier molecular flexibility index (Phi) is 4.12. The summed E-state index contributed by atoms with van der Waals surface area (Å²) in [6.45, 7) is 5.73. The second-order valence-electron chi connectivity index (χ2n) is 4.27. The van der Waals surface area contributed by atoms with E-state index in [-0.39, 0.29) is 17.8 Å². The Balaban J connectivity index is 2.91. The molecule has 2 atom stereocenters. The van der Waals surface area contributed by atoms with Crippen LogP contribution in [0, 0.1) is 18.8 Å². The molecule has 0 aliphatic heterocycles. The van der Waals surface area contributed by atoms with Gasteiger partial charge in [-0.05, 0) is 25.0 Å². The average Bonchev–Trinajstić information content (AvgIpc) is 2.64. The SMILES string of the molecule is COC(=O)C(C(C)C)C(N)c1ccc(C)o1. The predicted octanol–water partition coefficient (Wildman–Crippen LogP) is 2.03. The summed E-state index contributed by atoms with van der Waals surface area (Å²) in [6, 6.07) is 3.18. The highest BCUT2D eigenvalue weighted by Gasteiger charge is 2.32. The van der Waals surface area contributed by atoms with Crippen molar-refractivity contribution >= 4 is 5.97 Å². The van der Waals surface area contributed by atoms with E-state index < -0.39 is 6.04 Å². The molecule has 0 aromatic carbocycles. The summed E-state index contributed by atoms with van der Waals surface area (Å²) in [5, 5.41) is 0. The fourth-order valence-electron chi connectivity index (χ4n) is 1.78. The van der Waals surface area contributed by atoms with E-state index in [1.807, 2.05) is 26.8 Å². The molecule has 0 fully saturated rings. The van der Waals surface area contributed by atoms with Gasteiger partial charge in [-0.2, -0.15) is 0 Å². The fourth-order valence-corrected chi connectivity index (χ4v) is 1.78. The molecule has 16 heavy (non-hydrogen) atoms. The van der Waals surface area contributed by atoms with Gasteiger partial charge in [-0.25, -0.2) is 0 Å². The number of hydrogen-bond acceptors (Lipinski definition) is 4. The monoisotopic (exact) mass is 225 g/mol. The zero-order valence-corrected chi connectivity index (χ0v) is 10.2. The normalized spacial score (nSPS) is 14.9. The molecule has 0 spiro atoms. The first kappa shape index (κ1) is 12.8. The van der Waals surface area contributed by atoms with Gasteiger partial charge in [0.2, 0.25) is 0 Å². The summed E-state index contributed by atoms with van der Waals surface area (Å²) in [5.41, 5.74) is 6.04. The number of esters is 1. The largest absolute Gasteiger partial charge is 0.469 e. The molecule has 0 bridgehead atoms. The minimum atomic E-state index is -0.457. The number of carbonyl (C=O) groups is 1. The Morgan fingerprint density at radius 1 is 1.44 bits per heavy atom. The standard InChI is InChI=1S/C12H19NO3/c1-7(2)10(12(14)15-4)11(13)9-6-5-8(3)16-9/h5-7,10-11H,13H2,1-4H3. The number of methoxy groups -OCH3 is 1. The topological polar surface area (TPSA) is 65.5 Å². The maximum Gasteiger partial charge on any atom is 0.310 e. The lowest BCUT2D eigenvalue weighted by Crippen LogP contribution is -2.32. The van der Waals surface area contributed by atoms with Gasteiger partial charge in [0, 0.05) is 0 Å². The van der Waals surface area contributed by atoms with Gasteiger partial charge in [-0.15, -0.1) is 0 Å². The Morgan fingerprint density at radius 2 is 2.06 bits per heavy atom. The molecule has 1 rings (SSSR count). The Bertz CT molecular complexity index is 357. The molecule has 1 aromatic rings. The van der Waals surface area contributed by atoms with Crippen molar-refractivity contribution in [3.8, 4) is 0 Å². The molecule has 0 radical (unpaired) electrons. The lowest BCUT2D eigenvalue weighted by atomic mass is 9.87. The lowest BCUT2D eigenvalue weighted by Gasteiger charge is -2.23. The highest BCUT2D eigenvalue weighted by molar-refractivity contribution is 5.73. The molecule has 1 heterocycles. The first-order valence-electron chi connectivity index (χ1n) is 5.37. The molecule has 0 saturated carbocycles. The summed E-state index contributed by atoms with van der Waals surface area (Å²) in [5.74, 6) is 0.847. The maximum atomic E-state index is 11.6. The quantitative estimate of drug-likeness (QED) is 0.796. The van der Waals surface area contributed by atoms with E-state index in [0.29, 0.717) is 5.76 Å². The van der Waals surface area contributed by atoms with Crippen molar-refractivity contribution in [1.29, 1.82) is 0 Å². The Labute approximate surface area is 95.8 Å². The molecule has 90 valence electrons. The van der Waals surface area contributed by atoms with Crippen LogP contribution in [0.5, 0.6) is 0 Å². The third kappa shape index (κ3) is 2.64. The van der Waals surface area contributed by atoms with Gasteiger partial charge in [-0.1, -0.05) is 13.8 Å². The van der Waals surface area contributed by atoms with Gasteiger partial charge in [0.25, 0.3) is 0 Å². The van der Waals surface area contributed by atoms with Crippen molar-refractivity contribution in [2.24, 2.45) is 17.6 Å². The second-order valence-corrected chi connectivity index (χ2v) is 4.27. The van der Waals surface area contributed by atoms with E-state index in [9.17, 15) is 4.79 Å². The van der Waals surface area contributed by atoms with Gasteiger partial charge in [-0.3, -0.25) is 4.79 Å². The van der Waals surface area contributed by atoms with Crippen LogP contribution in [-0.2, 0) is 9.53 Å². The number of rotatable bonds is 4. The molecular formula is C12H19NO3. The zero-order chi connectivity index (χ0) is 12.3. The summed E-state index contributed by atoms with van der Waals surface area (Å²) < 4.78 is 10.2.